The highest BCUT2D eigenvalue weighted by atomic mass is 79.9. The molecule has 118 valence electrons. The van der Waals surface area contributed by atoms with Crippen molar-refractivity contribution in [3.05, 3.63) is 82.8 Å². The lowest BCUT2D eigenvalue weighted by molar-refractivity contribution is 0.307. The van der Waals surface area contributed by atoms with E-state index in [1.807, 2.05) is 72.8 Å². The summed E-state index contributed by atoms with van der Waals surface area (Å²) in [5, 5.41) is 0. The van der Waals surface area contributed by atoms with Crippen molar-refractivity contribution in [3.63, 3.8) is 0 Å². The summed E-state index contributed by atoms with van der Waals surface area (Å²) in [6.07, 6.45) is 0. The fraction of sp³-hybridized carbons (Fsp3) is 0.0500. The molecular weight excluding hydrogens is 364 g/mol. The number of halogens is 1. The molecule has 0 spiro atoms. The van der Waals surface area contributed by atoms with Gasteiger partial charge in [-0.05, 0) is 42.0 Å². The molecule has 3 aromatic carbocycles. The number of aromatic nitrogens is 2. The van der Waals surface area contributed by atoms with Crippen molar-refractivity contribution in [2.45, 2.75) is 6.61 Å². The smallest absolute Gasteiger partial charge is 0.142 e. The van der Waals surface area contributed by atoms with E-state index < -0.39 is 0 Å². The van der Waals surface area contributed by atoms with Gasteiger partial charge in [-0.15, -0.1) is 0 Å². The number of H-pyrrole nitrogens is 1. The van der Waals surface area contributed by atoms with E-state index in [4.69, 9.17) is 4.74 Å². The number of rotatable bonds is 4. The second-order valence-corrected chi connectivity index (χ2v) is 6.43. The molecule has 24 heavy (non-hydrogen) atoms. The van der Waals surface area contributed by atoms with E-state index in [2.05, 4.69) is 25.9 Å². The van der Waals surface area contributed by atoms with Gasteiger partial charge in [0, 0.05) is 4.47 Å². The first-order valence-corrected chi connectivity index (χ1v) is 8.50. The predicted molar refractivity (Wildman–Crippen MR) is 100 cm³/mol. The summed E-state index contributed by atoms with van der Waals surface area (Å²) in [5.74, 6) is 1.64. The average Bonchev–Trinajstić information content (AvgIpc) is 3.05. The minimum atomic E-state index is 0.518. The Labute approximate surface area is 148 Å². The van der Waals surface area contributed by atoms with Crippen LogP contribution in [0.15, 0.2) is 77.3 Å². The highest BCUT2D eigenvalue weighted by Gasteiger charge is 2.10. The number of ether oxygens (including phenoxy) is 1. The van der Waals surface area contributed by atoms with Crippen LogP contribution in [0.4, 0.5) is 0 Å². The number of aromatic amines is 1. The third-order valence-electron chi connectivity index (χ3n) is 3.84. The van der Waals surface area contributed by atoms with Gasteiger partial charge in [0.05, 0.1) is 16.6 Å². The van der Waals surface area contributed by atoms with Crippen molar-refractivity contribution in [2.24, 2.45) is 0 Å². The maximum atomic E-state index is 6.04. The number of benzene rings is 3. The van der Waals surface area contributed by atoms with Gasteiger partial charge in [-0.3, -0.25) is 0 Å². The first kappa shape index (κ1) is 15.0. The molecular formula is C20H15BrN2O. The third kappa shape index (κ3) is 3.05. The van der Waals surface area contributed by atoms with E-state index in [1.165, 1.54) is 0 Å². The highest BCUT2D eigenvalue weighted by Crippen LogP contribution is 2.30. The minimum Gasteiger partial charge on any atom is -0.488 e. The zero-order valence-electron chi connectivity index (χ0n) is 12.9. The van der Waals surface area contributed by atoms with Crippen LogP contribution in [0, 0.1) is 0 Å². The molecule has 4 aromatic rings. The maximum Gasteiger partial charge on any atom is 0.142 e. The maximum absolute atomic E-state index is 6.04. The molecule has 0 fully saturated rings. The van der Waals surface area contributed by atoms with Crippen molar-refractivity contribution in [1.82, 2.24) is 9.97 Å². The monoisotopic (exact) mass is 378 g/mol. The summed E-state index contributed by atoms with van der Waals surface area (Å²) in [6, 6.07) is 24.1. The molecule has 0 aliphatic rings. The van der Waals surface area contributed by atoms with E-state index in [9.17, 15) is 0 Å². The van der Waals surface area contributed by atoms with Crippen LogP contribution >= 0.6 is 15.9 Å². The Morgan fingerprint density at radius 1 is 0.875 bits per heavy atom. The number of nitrogens with one attached hydrogen (secondary N) is 1. The molecule has 0 atom stereocenters. The summed E-state index contributed by atoms with van der Waals surface area (Å²) in [4.78, 5) is 8.03. The van der Waals surface area contributed by atoms with Crippen LogP contribution in [-0.4, -0.2) is 9.97 Å². The molecule has 0 radical (unpaired) electrons. The molecule has 1 heterocycles. The number of hydrogen-bond donors (Lipinski definition) is 1. The Bertz CT molecular complexity index is 943. The molecule has 0 amide bonds. The van der Waals surface area contributed by atoms with Gasteiger partial charge in [0.1, 0.15) is 18.2 Å². The number of hydrogen-bond acceptors (Lipinski definition) is 2. The van der Waals surface area contributed by atoms with Crippen LogP contribution in [0.5, 0.6) is 5.75 Å². The van der Waals surface area contributed by atoms with E-state index in [-0.39, 0.29) is 0 Å². The van der Waals surface area contributed by atoms with Gasteiger partial charge in [0.15, 0.2) is 0 Å². The van der Waals surface area contributed by atoms with Crippen molar-refractivity contribution in [2.75, 3.05) is 0 Å². The normalized spacial score (nSPS) is 10.9. The van der Waals surface area contributed by atoms with E-state index >= 15 is 0 Å². The zero-order valence-corrected chi connectivity index (χ0v) is 14.5. The van der Waals surface area contributed by atoms with Gasteiger partial charge in [-0.1, -0.05) is 52.3 Å². The van der Waals surface area contributed by atoms with Crippen LogP contribution in [0.3, 0.4) is 0 Å². The first-order chi connectivity index (χ1) is 11.8. The van der Waals surface area contributed by atoms with Gasteiger partial charge < -0.3 is 9.72 Å². The van der Waals surface area contributed by atoms with Crippen LogP contribution in [0.25, 0.3) is 22.4 Å². The Morgan fingerprint density at radius 3 is 2.46 bits per heavy atom. The Morgan fingerprint density at radius 2 is 1.62 bits per heavy atom. The molecule has 3 nitrogen and oxygen atoms in total. The summed E-state index contributed by atoms with van der Waals surface area (Å²) >= 11 is 3.45. The second-order valence-electron chi connectivity index (χ2n) is 5.51. The van der Waals surface area contributed by atoms with Gasteiger partial charge in [0.2, 0.25) is 0 Å². The summed E-state index contributed by atoms with van der Waals surface area (Å²) in [5.41, 5.74) is 4.06. The summed E-state index contributed by atoms with van der Waals surface area (Å²) in [6.45, 7) is 0.518. The standard InChI is InChI=1S/C20H15BrN2O/c21-15-11-9-14(10-12-15)13-24-19-8-4-1-5-16(19)20-22-17-6-2-3-7-18(17)23-20/h1-12H,13H2,(H,22,23). The van der Waals surface area contributed by atoms with E-state index in [0.717, 1.165) is 38.2 Å². The first-order valence-electron chi connectivity index (χ1n) is 7.71. The summed E-state index contributed by atoms with van der Waals surface area (Å²) < 4.78 is 7.10. The highest BCUT2D eigenvalue weighted by molar-refractivity contribution is 9.10. The third-order valence-corrected chi connectivity index (χ3v) is 4.37. The molecule has 1 N–H and O–H groups in total. The fourth-order valence-corrected chi connectivity index (χ4v) is 2.87. The van der Waals surface area contributed by atoms with Crippen molar-refractivity contribution in [3.8, 4) is 17.1 Å². The van der Waals surface area contributed by atoms with Gasteiger partial charge in [-0.2, -0.15) is 0 Å². The Balaban J connectivity index is 1.63. The Hall–Kier alpha value is -2.59. The molecule has 0 bridgehead atoms. The van der Waals surface area contributed by atoms with Crippen molar-refractivity contribution < 1.29 is 4.74 Å². The molecule has 0 saturated carbocycles. The van der Waals surface area contributed by atoms with Crippen molar-refractivity contribution >= 4 is 27.0 Å². The number of para-hydroxylation sites is 3. The lowest BCUT2D eigenvalue weighted by atomic mass is 10.2. The van der Waals surface area contributed by atoms with E-state index in [0.29, 0.717) is 6.61 Å². The molecule has 0 unspecified atom stereocenters. The van der Waals surface area contributed by atoms with Gasteiger partial charge in [-0.25, -0.2) is 4.98 Å². The number of fused-ring (bicyclic) bond motifs is 1. The Kier molecular flexibility index (Phi) is 4.05. The average molecular weight is 379 g/mol. The lowest BCUT2D eigenvalue weighted by Crippen LogP contribution is -1.97. The molecule has 4 rings (SSSR count). The summed E-state index contributed by atoms with van der Waals surface area (Å²) in [7, 11) is 0. The van der Waals surface area contributed by atoms with Gasteiger partial charge >= 0.3 is 0 Å². The molecule has 1 aromatic heterocycles. The molecule has 0 aliphatic carbocycles. The second kappa shape index (κ2) is 6.49. The fourth-order valence-electron chi connectivity index (χ4n) is 2.61. The lowest BCUT2D eigenvalue weighted by Gasteiger charge is -2.10. The largest absolute Gasteiger partial charge is 0.488 e. The minimum absolute atomic E-state index is 0.518. The van der Waals surface area contributed by atoms with Gasteiger partial charge in [0.25, 0.3) is 0 Å². The van der Waals surface area contributed by atoms with Crippen molar-refractivity contribution in [1.29, 1.82) is 0 Å². The van der Waals surface area contributed by atoms with Crippen LogP contribution in [0.1, 0.15) is 5.56 Å². The van der Waals surface area contributed by atoms with E-state index in [1.54, 1.807) is 0 Å². The molecule has 4 heteroatoms. The predicted octanol–water partition coefficient (Wildman–Crippen LogP) is 5.57. The SMILES string of the molecule is Brc1ccc(COc2ccccc2-c2nc3ccccc3[nH]2)cc1. The molecule has 0 aliphatic heterocycles. The number of nitrogens with zero attached hydrogens (tertiary/aromatic N) is 1. The van der Waals surface area contributed by atoms with Crippen LogP contribution in [-0.2, 0) is 6.61 Å². The van der Waals surface area contributed by atoms with Crippen LogP contribution in [0.2, 0.25) is 0 Å². The molecule has 0 saturated heterocycles. The quantitative estimate of drug-likeness (QED) is 0.503. The zero-order chi connectivity index (χ0) is 16.4. The topological polar surface area (TPSA) is 37.9 Å². The van der Waals surface area contributed by atoms with Crippen LogP contribution < -0.4 is 4.74 Å². The number of imidazole rings is 1.